The van der Waals surface area contributed by atoms with E-state index in [2.05, 4.69) is 264 Å². The van der Waals surface area contributed by atoms with Crippen molar-refractivity contribution in [3.63, 3.8) is 0 Å². The number of fused-ring (bicyclic) bond motifs is 3. The first-order valence-corrected chi connectivity index (χ1v) is 21.3. The molecular formula is C60H42N2. The molecule has 2 heteroatoms. The van der Waals surface area contributed by atoms with Gasteiger partial charge in [-0.25, -0.2) is 0 Å². The normalized spacial score (nSPS) is 11.2. The monoisotopic (exact) mass is 790 g/mol. The van der Waals surface area contributed by atoms with Crippen LogP contribution in [0.2, 0.25) is 0 Å². The third-order valence-corrected chi connectivity index (χ3v) is 12.0. The van der Waals surface area contributed by atoms with Crippen molar-refractivity contribution in [2.24, 2.45) is 0 Å². The second kappa shape index (κ2) is 16.1. The van der Waals surface area contributed by atoms with Gasteiger partial charge in [0.2, 0.25) is 0 Å². The highest BCUT2D eigenvalue weighted by molar-refractivity contribution is 6.17. The molecule has 62 heavy (non-hydrogen) atoms. The Morgan fingerprint density at radius 2 is 0.694 bits per heavy atom. The fourth-order valence-electron chi connectivity index (χ4n) is 9.07. The molecule has 0 fully saturated rings. The van der Waals surface area contributed by atoms with Crippen LogP contribution in [0.4, 0.5) is 17.1 Å². The molecule has 10 aromatic carbocycles. The summed E-state index contributed by atoms with van der Waals surface area (Å²) in [6, 6.07) is 92.2. The van der Waals surface area contributed by atoms with Crippen molar-refractivity contribution >= 4 is 38.9 Å². The Bertz CT molecular complexity index is 3220. The van der Waals surface area contributed by atoms with Gasteiger partial charge in [-0.1, -0.05) is 200 Å². The Labute approximate surface area is 362 Å². The van der Waals surface area contributed by atoms with Gasteiger partial charge in [-0.2, -0.15) is 0 Å². The molecule has 11 aromatic rings. The summed E-state index contributed by atoms with van der Waals surface area (Å²) in [4.78, 5) is 2.52. The van der Waals surface area contributed by atoms with Crippen LogP contribution in [0, 0.1) is 0 Å². The van der Waals surface area contributed by atoms with E-state index >= 15 is 0 Å². The van der Waals surface area contributed by atoms with E-state index in [9.17, 15) is 0 Å². The van der Waals surface area contributed by atoms with Crippen LogP contribution in [0.15, 0.2) is 255 Å². The minimum Gasteiger partial charge on any atom is -0.309 e. The predicted molar refractivity (Wildman–Crippen MR) is 263 cm³/mol. The van der Waals surface area contributed by atoms with Crippen LogP contribution in [-0.4, -0.2) is 4.57 Å². The third-order valence-electron chi connectivity index (χ3n) is 12.0. The van der Waals surface area contributed by atoms with Crippen LogP contribution in [0.1, 0.15) is 0 Å². The minimum absolute atomic E-state index is 1.07. The Morgan fingerprint density at radius 3 is 1.23 bits per heavy atom. The molecule has 0 aliphatic carbocycles. The van der Waals surface area contributed by atoms with Gasteiger partial charge in [0.25, 0.3) is 0 Å². The van der Waals surface area contributed by atoms with Gasteiger partial charge in [-0.05, 0) is 99.1 Å². The van der Waals surface area contributed by atoms with Gasteiger partial charge in [0.15, 0.2) is 0 Å². The van der Waals surface area contributed by atoms with Crippen LogP contribution in [0.3, 0.4) is 0 Å². The number of hydrogen-bond donors (Lipinski definition) is 0. The van der Waals surface area contributed by atoms with E-state index in [1.807, 2.05) is 0 Å². The Hall–Kier alpha value is -8.20. The quantitative estimate of drug-likeness (QED) is 0.141. The Balaban J connectivity index is 1.20. The molecule has 1 heterocycles. The van der Waals surface area contributed by atoms with Gasteiger partial charge in [-0.3, -0.25) is 0 Å². The number of nitrogens with zero attached hydrogens (tertiary/aromatic N) is 2. The average Bonchev–Trinajstić information content (AvgIpc) is 3.71. The van der Waals surface area contributed by atoms with E-state index in [0.29, 0.717) is 0 Å². The maximum atomic E-state index is 2.52. The molecule has 0 saturated carbocycles. The van der Waals surface area contributed by atoms with E-state index in [4.69, 9.17) is 0 Å². The van der Waals surface area contributed by atoms with Crippen molar-refractivity contribution in [2.45, 2.75) is 0 Å². The first-order chi connectivity index (χ1) is 30.8. The van der Waals surface area contributed by atoms with Crippen molar-refractivity contribution in [1.29, 1.82) is 0 Å². The number of benzene rings is 10. The molecule has 0 unspecified atom stereocenters. The van der Waals surface area contributed by atoms with Crippen LogP contribution in [0.25, 0.3) is 83.1 Å². The third kappa shape index (κ3) is 6.74. The average molecular weight is 791 g/mol. The van der Waals surface area contributed by atoms with Gasteiger partial charge in [0.1, 0.15) is 0 Å². The van der Waals surface area contributed by atoms with E-state index in [1.54, 1.807) is 0 Å². The largest absolute Gasteiger partial charge is 0.309 e. The molecule has 0 radical (unpaired) electrons. The summed E-state index contributed by atoms with van der Waals surface area (Å²) in [7, 11) is 0. The van der Waals surface area contributed by atoms with Crippen LogP contribution >= 0.6 is 0 Å². The summed E-state index contributed by atoms with van der Waals surface area (Å²) in [5.41, 5.74) is 18.5. The predicted octanol–water partition coefficient (Wildman–Crippen LogP) is 16.6. The molecule has 2 nitrogen and oxygen atoms in total. The summed E-state index contributed by atoms with van der Waals surface area (Å²) < 4.78 is 2.41. The summed E-state index contributed by atoms with van der Waals surface area (Å²) in [5, 5.41) is 2.39. The lowest BCUT2D eigenvalue weighted by atomic mass is 9.89. The highest BCUT2D eigenvalue weighted by Gasteiger charge is 2.27. The summed E-state index contributed by atoms with van der Waals surface area (Å²) in [5.74, 6) is 0. The van der Waals surface area contributed by atoms with Crippen molar-refractivity contribution in [1.82, 2.24) is 4.57 Å². The molecule has 0 saturated heterocycles. The molecule has 1 aromatic heterocycles. The molecule has 292 valence electrons. The topological polar surface area (TPSA) is 8.17 Å². The molecule has 0 N–H and O–H groups in total. The van der Waals surface area contributed by atoms with Gasteiger partial charge < -0.3 is 9.47 Å². The molecule has 0 aliphatic heterocycles. The lowest BCUT2D eigenvalue weighted by molar-refractivity contribution is 1.18. The number of para-hydroxylation sites is 2. The number of rotatable bonds is 9. The van der Waals surface area contributed by atoms with Crippen molar-refractivity contribution < 1.29 is 0 Å². The minimum atomic E-state index is 1.07. The summed E-state index contributed by atoms with van der Waals surface area (Å²) >= 11 is 0. The standard InChI is InChI=1S/C60H42N2/c1-6-19-43(20-7-1)45-33-35-46(36-34-45)47-37-39-52(40-38-47)62(58-32-18-31-57-59(58)53-29-16-17-30-56(53)61(57)51-27-14-5-15-28-51)60-54(48-23-10-3-11-24-48)41-50(44-21-8-2-9-22-44)42-55(60)49-25-12-4-13-26-49/h1-42H. The molecule has 0 spiro atoms. The zero-order valence-corrected chi connectivity index (χ0v) is 34.1. The maximum Gasteiger partial charge on any atom is 0.0619 e. The molecular weight excluding hydrogens is 749 g/mol. The van der Waals surface area contributed by atoms with Crippen molar-refractivity contribution in [3.05, 3.63) is 255 Å². The second-order valence-corrected chi connectivity index (χ2v) is 15.7. The fourth-order valence-corrected chi connectivity index (χ4v) is 9.07. The molecule has 0 atom stereocenters. The van der Waals surface area contributed by atoms with Gasteiger partial charge in [0, 0.05) is 33.3 Å². The van der Waals surface area contributed by atoms with Crippen molar-refractivity contribution in [2.75, 3.05) is 4.90 Å². The van der Waals surface area contributed by atoms with E-state index < -0.39 is 0 Å². The second-order valence-electron chi connectivity index (χ2n) is 15.7. The molecule has 11 rings (SSSR count). The lowest BCUT2D eigenvalue weighted by Crippen LogP contribution is -2.13. The Morgan fingerprint density at radius 1 is 0.290 bits per heavy atom. The summed E-state index contributed by atoms with van der Waals surface area (Å²) in [6.45, 7) is 0. The smallest absolute Gasteiger partial charge is 0.0619 e. The van der Waals surface area contributed by atoms with E-state index in [1.165, 1.54) is 44.1 Å². The number of anilines is 3. The zero-order chi connectivity index (χ0) is 41.2. The van der Waals surface area contributed by atoms with Crippen LogP contribution < -0.4 is 4.90 Å². The highest BCUT2D eigenvalue weighted by Crippen LogP contribution is 2.51. The van der Waals surface area contributed by atoms with E-state index in [0.717, 1.165) is 56.1 Å². The van der Waals surface area contributed by atoms with Gasteiger partial charge in [0.05, 0.1) is 22.4 Å². The molecule has 0 aliphatic rings. The van der Waals surface area contributed by atoms with E-state index in [-0.39, 0.29) is 0 Å². The highest BCUT2D eigenvalue weighted by atomic mass is 15.2. The van der Waals surface area contributed by atoms with Gasteiger partial charge in [-0.15, -0.1) is 0 Å². The first-order valence-electron chi connectivity index (χ1n) is 21.3. The molecule has 0 amide bonds. The zero-order valence-electron chi connectivity index (χ0n) is 34.1. The van der Waals surface area contributed by atoms with Gasteiger partial charge >= 0.3 is 0 Å². The van der Waals surface area contributed by atoms with Crippen LogP contribution in [-0.2, 0) is 0 Å². The Kier molecular flexibility index (Phi) is 9.57. The van der Waals surface area contributed by atoms with Crippen LogP contribution in [0.5, 0.6) is 0 Å². The maximum absolute atomic E-state index is 2.52. The molecule has 0 bridgehead atoms. The first kappa shape index (κ1) is 36.8. The lowest BCUT2D eigenvalue weighted by Gasteiger charge is -2.32. The fraction of sp³-hybridized carbons (Fsp3) is 0. The number of aromatic nitrogens is 1. The summed E-state index contributed by atoms with van der Waals surface area (Å²) in [6.07, 6.45) is 0. The SMILES string of the molecule is c1ccc(-c2ccc(-c3ccc(N(c4c(-c5ccccc5)cc(-c5ccccc5)cc4-c4ccccc4)c4cccc5c4c4ccccc4n5-c4ccccc4)cc3)cc2)cc1. The number of hydrogen-bond acceptors (Lipinski definition) is 1. The van der Waals surface area contributed by atoms with Crippen molar-refractivity contribution in [3.8, 4) is 61.3 Å².